The summed E-state index contributed by atoms with van der Waals surface area (Å²) in [4.78, 5) is 13.0. The van der Waals surface area contributed by atoms with Gasteiger partial charge in [-0.25, -0.2) is 8.42 Å². The third kappa shape index (κ3) is 4.45. The standard InChI is InChI=1S/C20H24N2O5S/c1-26-17-11-16(12-18(13-17)27-2)21-20(23)15-7-6-10-22(14-15)28(24,25)19-8-4-3-5-9-19/h3-5,8-9,11-13,15H,6-7,10,14H2,1-2H3,(H,21,23)/t15-/m1/s1. The van der Waals surface area contributed by atoms with Gasteiger partial charge in [0, 0.05) is 37.0 Å². The van der Waals surface area contributed by atoms with E-state index in [-0.39, 0.29) is 17.3 Å². The van der Waals surface area contributed by atoms with Gasteiger partial charge in [0.2, 0.25) is 15.9 Å². The minimum Gasteiger partial charge on any atom is -0.497 e. The van der Waals surface area contributed by atoms with Crippen molar-refractivity contribution in [2.45, 2.75) is 17.7 Å². The Balaban J connectivity index is 1.73. The van der Waals surface area contributed by atoms with E-state index in [1.807, 2.05) is 0 Å². The van der Waals surface area contributed by atoms with Crippen molar-refractivity contribution in [3.63, 3.8) is 0 Å². The van der Waals surface area contributed by atoms with Gasteiger partial charge in [-0.3, -0.25) is 4.79 Å². The van der Waals surface area contributed by atoms with Crippen LogP contribution in [0.5, 0.6) is 11.5 Å². The topological polar surface area (TPSA) is 84.9 Å². The van der Waals surface area contributed by atoms with Gasteiger partial charge < -0.3 is 14.8 Å². The summed E-state index contributed by atoms with van der Waals surface area (Å²) in [6, 6.07) is 13.4. The van der Waals surface area contributed by atoms with E-state index in [0.717, 1.165) is 0 Å². The first kappa shape index (κ1) is 20.2. The zero-order chi connectivity index (χ0) is 20.1. The zero-order valence-corrected chi connectivity index (χ0v) is 16.7. The molecule has 0 unspecified atom stereocenters. The molecule has 0 spiro atoms. The molecule has 1 aliphatic heterocycles. The van der Waals surface area contributed by atoms with Gasteiger partial charge in [-0.15, -0.1) is 0 Å². The molecule has 1 fully saturated rings. The molecule has 8 heteroatoms. The number of rotatable bonds is 6. The Morgan fingerprint density at radius 3 is 2.32 bits per heavy atom. The van der Waals surface area contributed by atoms with Crippen LogP contribution in [-0.4, -0.2) is 45.9 Å². The minimum atomic E-state index is -3.61. The van der Waals surface area contributed by atoms with Gasteiger partial charge in [0.1, 0.15) is 11.5 Å². The van der Waals surface area contributed by atoms with E-state index in [2.05, 4.69) is 5.32 Å². The molecule has 3 rings (SSSR count). The molecule has 0 radical (unpaired) electrons. The molecular formula is C20H24N2O5S. The number of amides is 1. The molecule has 2 aromatic carbocycles. The van der Waals surface area contributed by atoms with Gasteiger partial charge in [-0.2, -0.15) is 4.31 Å². The zero-order valence-electron chi connectivity index (χ0n) is 15.9. The lowest BCUT2D eigenvalue weighted by atomic mass is 9.98. The lowest BCUT2D eigenvalue weighted by Crippen LogP contribution is -2.43. The third-order valence-corrected chi connectivity index (χ3v) is 6.63. The Hall–Kier alpha value is -2.58. The molecule has 7 nitrogen and oxygen atoms in total. The molecular weight excluding hydrogens is 380 g/mol. The Morgan fingerprint density at radius 1 is 1.07 bits per heavy atom. The average molecular weight is 404 g/mol. The minimum absolute atomic E-state index is 0.157. The fraction of sp³-hybridized carbons (Fsp3) is 0.350. The molecule has 1 N–H and O–H groups in total. The smallest absolute Gasteiger partial charge is 0.243 e. The van der Waals surface area contributed by atoms with Crippen LogP contribution in [0.4, 0.5) is 5.69 Å². The van der Waals surface area contributed by atoms with E-state index in [9.17, 15) is 13.2 Å². The summed E-state index contributed by atoms with van der Waals surface area (Å²) in [6.45, 7) is 0.568. The van der Waals surface area contributed by atoms with Crippen LogP contribution in [0.1, 0.15) is 12.8 Å². The summed E-state index contributed by atoms with van der Waals surface area (Å²) >= 11 is 0. The van der Waals surface area contributed by atoms with Gasteiger partial charge in [0.15, 0.2) is 0 Å². The second kappa shape index (κ2) is 8.62. The van der Waals surface area contributed by atoms with Crippen LogP contribution in [0.25, 0.3) is 0 Å². The Morgan fingerprint density at radius 2 is 1.71 bits per heavy atom. The molecule has 1 saturated heterocycles. The maximum absolute atomic E-state index is 12.8. The summed E-state index contributed by atoms with van der Waals surface area (Å²) in [5.74, 6) is 0.478. The Bertz CT molecular complexity index is 909. The van der Waals surface area contributed by atoms with E-state index < -0.39 is 15.9 Å². The van der Waals surface area contributed by atoms with E-state index in [0.29, 0.717) is 36.6 Å². The van der Waals surface area contributed by atoms with Gasteiger partial charge in [0.25, 0.3) is 0 Å². The van der Waals surface area contributed by atoms with Crippen LogP contribution in [0.2, 0.25) is 0 Å². The number of piperidine rings is 1. The number of methoxy groups -OCH3 is 2. The number of benzene rings is 2. The number of anilines is 1. The highest BCUT2D eigenvalue weighted by Crippen LogP contribution is 2.28. The van der Waals surface area contributed by atoms with Crippen molar-refractivity contribution in [1.82, 2.24) is 4.31 Å². The fourth-order valence-corrected chi connectivity index (χ4v) is 4.79. The number of sulfonamides is 1. The summed E-state index contributed by atoms with van der Waals surface area (Å²) in [5, 5.41) is 2.85. The molecule has 0 saturated carbocycles. The van der Waals surface area contributed by atoms with Crippen LogP contribution in [0, 0.1) is 5.92 Å². The van der Waals surface area contributed by atoms with Gasteiger partial charge in [-0.1, -0.05) is 18.2 Å². The highest BCUT2D eigenvalue weighted by Gasteiger charge is 2.33. The van der Waals surface area contributed by atoms with Crippen LogP contribution in [0.3, 0.4) is 0 Å². The first-order chi connectivity index (χ1) is 13.4. The Labute approximate surface area is 165 Å². The molecule has 1 heterocycles. The fourth-order valence-electron chi connectivity index (χ4n) is 3.24. The maximum Gasteiger partial charge on any atom is 0.243 e. The molecule has 150 valence electrons. The normalized spacial score (nSPS) is 17.7. The quantitative estimate of drug-likeness (QED) is 0.800. The lowest BCUT2D eigenvalue weighted by Gasteiger charge is -2.31. The largest absolute Gasteiger partial charge is 0.497 e. The highest BCUT2D eigenvalue weighted by molar-refractivity contribution is 7.89. The first-order valence-electron chi connectivity index (χ1n) is 9.03. The molecule has 0 aromatic heterocycles. The highest BCUT2D eigenvalue weighted by atomic mass is 32.2. The van der Waals surface area contributed by atoms with Crippen molar-refractivity contribution in [3.05, 3.63) is 48.5 Å². The van der Waals surface area contributed by atoms with Crippen molar-refractivity contribution in [3.8, 4) is 11.5 Å². The van der Waals surface area contributed by atoms with Gasteiger partial charge >= 0.3 is 0 Å². The van der Waals surface area contributed by atoms with Crippen molar-refractivity contribution in [2.75, 3.05) is 32.6 Å². The van der Waals surface area contributed by atoms with E-state index in [1.165, 1.54) is 18.5 Å². The number of nitrogens with zero attached hydrogens (tertiary/aromatic N) is 1. The number of hydrogen-bond acceptors (Lipinski definition) is 5. The summed E-state index contributed by atoms with van der Waals surface area (Å²) in [7, 11) is -0.538. The molecule has 1 atom stereocenters. The van der Waals surface area contributed by atoms with E-state index in [4.69, 9.17) is 9.47 Å². The van der Waals surface area contributed by atoms with Crippen molar-refractivity contribution < 1.29 is 22.7 Å². The van der Waals surface area contributed by atoms with Crippen LogP contribution >= 0.6 is 0 Å². The van der Waals surface area contributed by atoms with Crippen LogP contribution < -0.4 is 14.8 Å². The monoisotopic (exact) mass is 404 g/mol. The van der Waals surface area contributed by atoms with Gasteiger partial charge in [0.05, 0.1) is 25.0 Å². The first-order valence-corrected chi connectivity index (χ1v) is 10.5. The third-order valence-electron chi connectivity index (χ3n) is 4.75. The average Bonchev–Trinajstić information content (AvgIpc) is 2.74. The maximum atomic E-state index is 12.8. The summed E-state index contributed by atoms with van der Waals surface area (Å²) < 4.78 is 37.5. The van der Waals surface area contributed by atoms with Crippen LogP contribution in [0.15, 0.2) is 53.4 Å². The predicted molar refractivity (Wildman–Crippen MR) is 106 cm³/mol. The SMILES string of the molecule is COc1cc(NC(=O)[C@@H]2CCCN(S(=O)(=O)c3ccccc3)C2)cc(OC)c1. The summed E-state index contributed by atoms with van der Waals surface area (Å²) in [6.07, 6.45) is 1.26. The predicted octanol–water partition coefficient (Wildman–Crippen LogP) is 2.74. The van der Waals surface area contributed by atoms with Crippen molar-refractivity contribution in [1.29, 1.82) is 0 Å². The molecule has 2 aromatic rings. The van der Waals surface area contributed by atoms with Gasteiger partial charge in [-0.05, 0) is 25.0 Å². The molecule has 0 aliphatic carbocycles. The molecule has 0 bridgehead atoms. The Kier molecular flexibility index (Phi) is 6.21. The van der Waals surface area contributed by atoms with Crippen molar-refractivity contribution in [2.24, 2.45) is 5.92 Å². The second-order valence-electron chi connectivity index (χ2n) is 6.61. The van der Waals surface area contributed by atoms with Crippen molar-refractivity contribution >= 4 is 21.6 Å². The number of carbonyl (C=O) groups excluding carboxylic acids is 1. The van der Waals surface area contributed by atoms with E-state index >= 15 is 0 Å². The molecule has 28 heavy (non-hydrogen) atoms. The summed E-state index contributed by atoms with van der Waals surface area (Å²) in [5.41, 5.74) is 0.546. The number of carbonyl (C=O) groups is 1. The molecule has 1 amide bonds. The number of nitrogens with one attached hydrogen (secondary N) is 1. The second-order valence-corrected chi connectivity index (χ2v) is 8.54. The van der Waals surface area contributed by atoms with E-state index in [1.54, 1.807) is 48.5 Å². The van der Waals surface area contributed by atoms with Crippen LogP contribution in [-0.2, 0) is 14.8 Å². The number of hydrogen-bond donors (Lipinski definition) is 1. The number of ether oxygens (including phenoxy) is 2. The molecule has 1 aliphatic rings. The lowest BCUT2D eigenvalue weighted by molar-refractivity contribution is -0.120.